The smallest absolute Gasteiger partial charge is 0.220 e. The van der Waals surface area contributed by atoms with Crippen LogP contribution in [0.3, 0.4) is 0 Å². The van der Waals surface area contributed by atoms with E-state index in [9.17, 15) is 4.79 Å². The summed E-state index contributed by atoms with van der Waals surface area (Å²) in [7, 11) is 4.87. The first-order valence-corrected chi connectivity index (χ1v) is 11.5. The van der Waals surface area contributed by atoms with Crippen LogP contribution in [0.4, 0.5) is 0 Å². The zero-order chi connectivity index (χ0) is 24.6. The molecule has 0 aliphatic carbocycles. The summed E-state index contributed by atoms with van der Waals surface area (Å²) in [6.07, 6.45) is 3.33. The summed E-state index contributed by atoms with van der Waals surface area (Å²) in [6.45, 7) is 1.16. The van der Waals surface area contributed by atoms with Crippen molar-refractivity contribution in [3.63, 3.8) is 0 Å². The maximum atomic E-state index is 12.6. The summed E-state index contributed by atoms with van der Waals surface area (Å²) in [4.78, 5) is 21.8. The van der Waals surface area contributed by atoms with Gasteiger partial charge in [0.15, 0.2) is 17.1 Å². The largest absolute Gasteiger partial charge is 0.497 e. The molecule has 2 heterocycles. The van der Waals surface area contributed by atoms with Crippen LogP contribution in [0.15, 0.2) is 60.8 Å². The lowest BCUT2D eigenvalue weighted by molar-refractivity contribution is -0.121. The van der Waals surface area contributed by atoms with Crippen LogP contribution in [0.5, 0.6) is 17.2 Å². The molecule has 0 aliphatic rings. The third kappa shape index (κ3) is 5.90. The summed E-state index contributed by atoms with van der Waals surface area (Å²) < 4.78 is 18.0. The lowest BCUT2D eigenvalue weighted by Gasteiger charge is -2.11. The van der Waals surface area contributed by atoms with Crippen molar-refractivity contribution in [1.82, 2.24) is 19.9 Å². The number of rotatable bonds is 11. The third-order valence-corrected chi connectivity index (χ3v) is 5.84. The number of carbonyl (C=O) groups is 1. The Morgan fingerprint density at radius 2 is 1.69 bits per heavy atom. The van der Waals surface area contributed by atoms with E-state index < -0.39 is 0 Å². The maximum absolute atomic E-state index is 12.6. The van der Waals surface area contributed by atoms with E-state index in [2.05, 4.69) is 14.9 Å². The summed E-state index contributed by atoms with van der Waals surface area (Å²) >= 11 is 0. The number of amides is 1. The molecule has 2 aromatic heterocycles. The van der Waals surface area contributed by atoms with Crippen LogP contribution in [0.1, 0.15) is 23.4 Å². The van der Waals surface area contributed by atoms with Gasteiger partial charge in [-0.05, 0) is 53.9 Å². The first-order chi connectivity index (χ1) is 17.1. The Kier molecular flexibility index (Phi) is 7.82. The van der Waals surface area contributed by atoms with Gasteiger partial charge in [0.05, 0.1) is 27.9 Å². The van der Waals surface area contributed by atoms with Crippen molar-refractivity contribution in [2.75, 3.05) is 27.9 Å². The fourth-order valence-corrected chi connectivity index (χ4v) is 3.97. The molecule has 0 radical (unpaired) electrons. The second-order valence-corrected chi connectivity index (χ2v) is 8.10. The minimum absolute atomic E-state index is 0.0125. The number of aryl methyl sites for hydroxylation is 1. The normalized spacial score (nSPS) is 10.8. The van der Waals surface area contributed by atoms with E-state index in [1.165, 1.54) is 0 Å². The van der Waals surface area contributed by atoms with Crippen molar-refractivity contribution in [3.8, 4) is 17.2 Å². The van der Waals surface area contributed by atoms with E-state index >= 15 is 0 Å². The number of hydrogen-bond donors (Lipinski definition) is 1. The molecule has 0 bridgehead atoms. The second-order valence-electron chi connectivity index (χ2n) is 8.10. The Balaban J connectivity index is 1.37. The summed E-state index contributed by atoms with van der Waals surface area (Å²) in [6, 6.07) is 17.5. The zero-order valence-corrected chi connectivity index (χ0v) is 20.3. The molecular weight excluding hydrogens is 444 g/mol. The van der Waals surface area contributed by atoms with Gasteiger partial charge in [-0.3, -0.25) is 4.79 Å². The van der Waals surface area contributed by atoms with E-state index in [-0.39, 0.29) is 5.91 Å². The van der Waals surface area contributed by atoms with Crippen LogP contribution < -0.4 is 19.5 Å². The van der Waals surface area contributed by atoms with Gasteiger partial charge in [-0.15, -0.1) is 0 Å². The average molecular weight is 475 g/mol. The molecule has 0 atom stereocenters. The molecule has 2 aromatic carbocycles. The number of benzene rings is 2. The van der Waals surface area contributed by atoms with Crippen molar-refractivity contribution < 1.29 is 19.0 Å². The van der Waals surface area contributed by atoms with E-state index in [1.54, 1.807) is 27.5 Å². The minimum Gasteiger partial charge on any atom is -0.497 e. The van der Waals surface area contributed by atoms with Gasteiger partial charge in [-0.25, -0.2) is 9.97 Å². The highest BCUT2D eigenvalue weighted by molar-refractivity contribution is 5.76. The standard InChI is InChI=1S/C27H30N4O4/c1-33-21-9-6-20(7-10-21)18-31-25(30-22-5-4-15-29-27(22)31)12-13-26(32)28-16-14-19-8-11-23(34-2)24(17-19)35-3/h4-11,15,17H,12-14,16,18H2,1-3H3,(H,28,32). The van der Waals surface area contributed by atoms with Crippen LogP contribution in [0.25, 0.3) is 11.2 Å². The van der Waals surface area contributed by atoms with Gasteiger partial charge in [-0.2, -0.15) is 0 Å². The number of methoxy groups -OCH3 is 3. The van der Waals surface area contributed by atoms with E-state index in [1.807, 2.05) is 54.6 Å². The number of aromatic nitrogens is 3. The number of pyridine rings is 1. The molecule has 0 fully saturated rings. The van der Waals surface area contributed by atoms with Crippen LogP contribution >= 0.6 is 0 Å². The van der Waals surface area contributed by atoms with E-state index in [4.69, 9.17) is 19.2 Å². The quantitative estimate of drug-likeness (QED) is 0.356. The Hall–Kier alpha value is -4.07. The molecule has 4 rings (SSSR count). The Bertz CT molecular complexity index is 1280. The van der Waals surface area contributed by atoms with Crippen molar-refractivity contribution in [2.45, 2.75) is 25.8 Å². The lowest BCUT2D eigenvalue weighted by atomic mass is 10.1. The predicted molar refractivity (Wildman–Crippen MR) is 134 cm³/mol. The van der Waals surface area contributed by atoms with Crippen molar-refractivity contribution in [3.05, 3.63) is 77.7 Å². The molecule has 0 saturated carbocycles. The first-order valence-electron chi connectivity index (χ1n) is 11.5. The van der Waals surface area contributed by atoms with Gasteiger partial charge in [0.1, 0.15) is 17.1 Å². The van der Waals surface area contributed by atoms with Gasteiger partial charge in [-0.1, -0.05) is 18.2 Å². The minimum atomic E-state index is -0.0125. The number of nitrogens with one attached hydrogen (secondary N) is 1. The van der Waals surface area contributed by atoms with Crippen LogP contribution in [-0.4, -0.2) is 48.3 Å². The van der Waals surface area contributed by atoms with Crippen LogP contribution in [-0.2, 0) is 24.2 Å². The molecule has 1 N–H and O–H groups in total. The monoisotopic (exact) mass is 474 g/mol. The van der Waals surface area contributed by atoms with Crippen LogP contribution in [0.2, 0.25) is 0 Å². The molecular formula is C27H30N4O4. The fourth-order valence-electron chi connectivity index (χ4n) is 3.97. The van der Waals surface area contributed by atoms with Crippen LogP contribution in [0, 0.1) is 0 Å². The second kappa shape index (κ2) is 11.4. The Morgan fingerprint density at radius 3 is 2.43 bits per heavy atom. The zero-order valence-electron chi connectivity index (χ0n) is 20.3. The highest BCUT2D eigenvalue weighted by Crippen LogP contribution is 2.27. The van der Waals surface area contributed by atoms with Crippen molar-refractivity contribution in [1.29, 1.82) is 0 Å². The molecule has 1 amide bonds. The lowest BCUT2D eigenvalue weighted by Crippen LogP contribution is -2.26. The molecule has 0 unspecified atom stereocenters. The van der Waals surface area contributed by atoms with E-state index in [0.29, 0.717) is 43.9 Å². The Morgan fingerprint density at radius 1 is 0.914 bits per heavy atom. The van der Waals surface area contributed by atoms with Gasteiger partial charge in [0, 0.05) is 25.6 Å². The van der Waals surface area contributed by atoms with Gasteiger partial charge >= 0.3 is 0 Å². The topological polar surface area (TPSA) is 87.5 Å². The van der Waals surface area contributed by atoms with Gasteiger partial charge in [0.2, 0.25) is 5.91 Å². The Labute approximate surface area is 204 Å². The van der Waals surface area contributed by atoms with Crippen molar-refractivity contribution in [2.24, 2.45) is 0 Å². The molecule has 35 heavy (non-hydrogen) atoms. The SMILES string of the molecule is COc1ccc(Cn2c(CCC(=O)NCCc3ccc(OC)c(OC)c3)nc3cccnc32)cc1. The molecule has 0 aliphatic heterocycles. The highest BCUT2D eigenvalue weighted by Gasteiger charge is 2.14. The highest BCUT2D eigenvalue weighted by atomic mass is 16.5. The van der Waals surface area contributed by atoms with E-state index in [0.717, 1.165) is 33.9 Å². The molecule has 0 spiro atoms. The molecule has 0 saturated heterocycles. The van der Waals surface area contributed by atoms with Gasteiger partial charge < -0.3 is 24.1 Å². The number of imidazole rings is 1. The molecule has 182 valence electrons. The fraction of sp³-hybridized carbons (Fsp3) is 0.296. The summed E-state index contributed by atoms with van der Waals surface area (Å²) in [5.41, 5.74) is 3.81. The first kappa shape index (κ1) is 24.1. The number of ether oxygens (including phenoxy) is 3. The molecule has 8 heteroatoms. The molecule has 8 nitrogen and oxygen atoms in total. The summed E-state index contributed by atoms with van der Waals surface area (Å²) in [5.74, 6) is 3.01. The number of fused-ring (bicyclic) bond motifs is 1. The predicted octanol–water partition coefficient (Wildman–Crippen LogP) is 3.80. The third-order valence-electron chi connectivity index (χ3n) is 5.84. The van der Waals surface area contributed by atoms with Crippen molar-refractivity contribution >= 4 is 17.1 Å². The number of carbonyl (C=O) groups excluding carboxylic acids is 1. The summed E-state index contributed by atoms with van der Waals surface area (Å²) in [5, 5.41) is 3.01. The average Bonchev–Trinajstić information content (AvgIpc) is 3.25. The maximum Gasteiger partial charge on any atom is 0.220 e. The number of nitrogens with zero attached hydrogens (tertiary/aromatic N) is 3. The number of hydrogen-bond acceptors (Lipinski definition) is 6. The molecule has 4 aromatic rings. The van der Waals surface area contributed by atoms with Gasteiger partial charge in [0.25, 0.3) is 0 Å².